The smallest absolute Gasteiger partial charge is 0.0914 e. The van der Waals surface area contributed by atoms with E-state index < -0.39 is 0 Å². The number of halogens is 1. The van der Waals surface area contributed by atoms with Crippen LogP contribution in [0.15, 0.2) is 24.3 Å². The Morgan fingerprint density at radius 1 is 1.24 bits per heavy atom. The van der Waals surface area contributed by atoms with Gasteiger partial charge in [-0.1, -0.05) is 42.7 Å². The first-order chi connectivity index (χ1) is 7.75. The molecular formula is C14H22ClNO. The molecule has 2 N–H and O–H groups in total. The van der Waals surface area contributed by atoms with Gasteiger partial charge in [-0.15, -0.1) is 12.4 Å². The maximum absolute atomic E-state index is 10.0. The maximum Gasteiger partial charge on any atom is 0.0914 e. The standard InChI is InChI=1S/C14H21NO.ClH/c1-11-6-8-12(9-7-11)14(16)10-15-13-4-2-3-5-13;/h6-9,13-16H,2-5,10H2,1H3;1H. The van der Waals surface area contributed by atoms with E-state index in [2.05, 4.69) is 12.2 Å². The minimum atomic E-state index is -0.374. The van der Waals surface area contributed by atoms with Crippen LogP contribution in [0.4, 0.5) is 0 Å². The molecule has 1 unspecified atom stereocenters. The molecule has 1 fully saturated rings. The second kappa shape index (κ2) is 7.00. The predicted molar refractivity (Wildman–Crippen MR) is 73.6 cm³/mol. The van der Waals surface area contributed by atoms with Gasteiger partial charge < -0.3 is 10.4 Å². The molecule has 2 rings (SSSR count). The summed E-state index contributed by atoms with van der Waals surface area (Å²) in [6.07, 6.45) is 4.82. The van der Waals surface area contributed by atoms with Gasteiger partial charge in [0.15, 0.2) is 0 Å². The van der Waals surface area contributed by atoms with Gasteiger partial charge in [0.05, 0.1) is 6.10 Å². The Hall–Kier alpha value is -0.570. The average Bonchev–Trinajstić information content (AvgIpc) is 2.80. The van der Waals surface area contributed by atoms with Crippen LogP contribution in [-0.2, 0) is 0 Å². The third-order valence-corrected chi connectivity index (χ3v) is 3.42. The monoisotopic (exact) mass is 255 g/mol. The molecule has 0 heterocycles. The Balaban J connectivity index is 0.00000144. The molecule has 1 aliphatic rings. The summed E-state index contributed by atoms with van der Waals surface area (Å²) in [5.74, 6) is 0. The molecule has 1 aliphatic carbocycles. The van der Waals surface area contributed by atoms with Gasteiger partial charge in [0.2, 0.25) is 0 Å². The predicted octanol–water partition coefficient (Wildman–Crippen LogP) is 2.98. The van der Waals surface area contributed by atoms with Gasteiger partial charge in [0.1, 0.15) is 0 Å². The van der Waals surface area contributed by atoms with Crippen LogP contribution in [-0.4, -0.2) is 17.7 Å². The molecule has 1 atom stereocenters. The largest absolute Gasteiger partial charge is 0.387 e. The van der Waals surface area contributed by atoms with Gasteiger partial charge in [-0.05, 0) is 25.3 Å². The van der Waals surface area contributed by atoms with Gasteiger partial charge in [-0.3, -0.25) is 0 Å². The van der Waals surface area contributed by atoms with Crippen LogP contribution in [0.2, 0.25) is 0 Å². The molecule has 3 heteroatoms. The van der Waals surface area contributed by atoms with Gasteiger partial charge in [0.25, 0.3) is 0 Å². The molecule has 17 heavy (non-hydrogen) atoms. The molecule has 1 saturated carbocycles. The molecular weight excluding hydrogens is 234 g/mol. The van der Waals surface area contributed by atoms with Gasteiger partial charge in [-0.25, -0.2) is 0 Å². The first-order valence-corrected chi connectivity index (χ1v) is 6.24. The second-order valence-electron chi connectivity index (χ2n) is 4.82. The second-order valence-corrected chi connectivity index (χ2v) is 4.82. The van der Waals surface area contributed by atoms with Crippen molar-refractivity contribution in [3.05, 3.63) is 35.4 Å². The highest BCUT2D eigenvalue weighted by Crippen LogP contribution is 2.19. The Labute approximate surface area is 110 Å². The van der Waals surface area contributed by atoms with Crippen molar-refractivity contribution in [2.24, 2.45) is 0 Å². The van der Waals surface area contributed by atoms with Crippen molar-refractivity contribution in [2.75, 3.05) is 6.54 Å². The first-order valence-electron chi connectivity index (χ1n) is 6.24. The topological polar surface area (TPSA) is 32.3 Å². The minimum absolute atomic E-state index is 0. The highest BCUT2D eigenvalue weighted by Gasteiger charge is 2.16. The van der Waals surface area contributed by atoms with E-state index in [1.807, 2.05) is 24.3 Å². The van der Waals surface area contributed by atoms with Crippen molar-refractivity contribution in [3.8, 4) is 0 Å². The molecule has 0 spiro atoms. The number of aryl methyl sites for hydroxylation is 1. The van der Waals surface area contributed by atoms with E-state index in [4.69, 9.17) is 0 Å². The lowest BCUT2D eigenvalue weighted by Gasteiger charge is -2.16. The summed E-state index contributed by atoms with van der Waals surface area (Å²) >= 11 is 0. The number of aliphatic hydroxyl groups excluding tert-OH is 1. The van der Waals surface area contributed by atoms with E-state index in [-0.39, 0.29) is 18.5 Å². The molecule has 1 aromatic rings. The van der Waals surface area contributed by atoms with E-state index in [0.717, 1.165) is 5.56 Å². The van der Waals surface area contributed by atoms with Gasteiger partial charge in [-0.2, -0.15) is 0 Å². The van der Waals surface area contributed by atoms with Crippen LogP contribution in [0.3, 0.4) is 0 Å². The molecule has 0 bridgehead atoms. The molecule has 0 saturated heterocycles. The number of hydrogen-bond donors (Lipinski definition) is 2. The first kappa shape index (κ1) is 14.5. The molecule has 0 aliphatic heterocycles. The normalized spacial score (nSPS) is 17.8. The number of nitrogens with one attached hydrogen (secondary N) is 1. The summed E-state index contributed by atoms with van der Waals surface area (Å²) in [5, 5.41) is 13.5. The van der Waals surface area contributed by atoms with E-state index in [9.17, 15) is 5.11 Å². The van der Waals surface area contributed by atoms with Crippen molar-refractivity contribution in [2.45, 2.75) is 44.8 Å². The van der Waals surface area contributed by atoms with Crippen LogP contribution < -0.4 is 5.32 Å². The average molecular weight is 256 g/mol. The molecule has 1 aromatic carbocycles. The van der Waals surface area contributed by atoms with Crippen LogP contribution in [0.5, 0.6) is 0 Å². The van der Waals surface area contributed by atoms with Crippen molar-refractivity contribution in [3.63, 3.8) is 0 Å². The highest BCUT2D eigenvalue weighted by molar-refractivity contribution is 5.85. The quantitative estimate of drug-likeness (QED) is 0.867. The van der Waals surface area contributed by atoms with Crippen LogP contribution in [0.25, 0.3) is 0 Å². The summed E-state index contributed by atoms with van der Waals surface area (Å²) in [7, 11) is 0. The maximum atomic E-state index is 10.0. The van der Waals surface area contributed by atoms with Gasteiger partial charge in [0, 0.05) is 12.6 Å². The summed E-state index contributed by atoms with van der Waals surface area (Å²) in [6.45, 7) is 2.74. The summed E-state index contributed by atoms with van der Waals surface area (Å²) < 4.78 is 0. The van der Waals surface area contributed by atoms with E-state index in [1.54, 1.807) is 0 Å². The Morgan fingerprint density at radius 2 is 1.82 bits per heavy atom. The Bertz CT molecular complexity index is 319. The summed E-state index contributed by atoms with van der Waals surface area (Å²) in [4.78, 5) is 0. The van der Waals surface area contributed by atoms with E-state index in [1.165, 1.54) is 31.2 Å². The number of rotatable bonds is 4. The third kappa shape index (κ3) is 4.30. The summed E-state index contributed by atoms with van der Waals surface area (Å²) in [6, 6.07) is 8.75. The fraction of sp³-hybridized carbons (Fsp3) is 0.571. The van der Waals surface area contributed by atoms with Crippen LogP contribution >= 0.6 is 12.4 Å². The zero-order valence-corrected chi connectivity index (χ0v) is 11.2. The molecule has 2 nitrogen and oxygen atoms in total. The SMILES string of the molecule is Cc1ccc(C(O)CNC2CCCC2)cc1.Cl. The molecule has 96 valence electrons. The minimum Gasteiger partial charge on any atom is -0.387 e. The van der Waals surface area contributed by atoms with E-state index in [0.29, 0.717) is 12.6 Å². The molecule has 0 amide bonds. The van der Waals surface area contributed by atoms with Crippen LogP contribution in [0.1, 0.15) is 42.9 Å². The lowest BCUT2D eigenvalue weighted by atomic mass is 10.1. The third-order valence-electron chi connectivity index (χ3n) is 3.42. The Morgan fingerprint density at radius 3 is 2.41 bits per heavy atom. The fourth-order valence-electron chi connectivity index (χ4n) is 2.31. The van der Waals surface area contributed by atoms with Crippen molar-refractivity contribution >= 4 is 12.4 Å². The molecule has 0 aromatic heterocycles. The Kier molecular flexibility index (Phi) is 5.96. The lowest BCUT2D eigenvalue weighted by molar-refractivity contribution is 0.170. The zero-order chi connectivity index (χ0) is 11.4. The number of aliphatic hydroxyl groups is 1. The van der Waals surface area contributed by atoms with Crippen molar-refractivity contribution in [1.29, 1.82) is 0 Å². The van der Waals surface area contributed by atoms with Crippen molar-refractivity contribution in [1.82, 2.24) is 5.32 Å². The molecule has 0 radical (unpaired) electrons. The zero-order valence-electron chi connectivity index (χ0n) is 10.4. The fourth-order valence-corrected chi connectivity index (χ4v) is 2.31. The summed E-state index contributed by atoms with van der Waals surface area (Å²) in [5.41, 5.74) is 2.25. The van der Waals surface area contributed by atoms with Gasteiger partial charge >= 0.3 is 0 Å². The number of hydrogen-bond acceptors (Lipinski definition) is 2. The highest BCUT2D eigenvalue weighted by atomic mass is 35.5. The lowest BCUT2D eigenvalue weighted by Crippen LogP contribution is -2.30. The van der Waals surface area contributed by atoms with E-state index >= 15 is 0 Å². The van der Waals surface area contributed by atoms with Crippen LogP contribution in [0, 0.1) is 6.92 Å². The number of benzene rings is 1. The van der Waals surface area contributed by atoms with Crippen molar-refractivity contribution < 1.29 is 5.11 Å².